The third-order valence-corrected chi connectivity index (χ3v) is 11.9. The first-order valence-corrected chi connectivity index (χ1v) is 16.9. The Balaban J connectivity index is 1.39. The first kappa shape index (κ1) is 28.4. The van der Waals surface area contributed by atoms with Crippen molar-refractivity contribution in [1.82, 2.24) is 18.7 Å². The van der Waals surface area contributed by atoms with Crippen LogP contribution in [0.5, 0.6) is 0 Å². The van der Waals surface area contributed by atoms with Crippen molar-refractivity contribution in [3.63, 3.8) is 0 Å². The molecule has 2 aromatic carbocycles. The van der Waals surface area contributed by atoms with Crippen LogP contribution in [0.2, 0.25) is 5.15 Å². The largest absolute Gasteiger partial charge is 0.360 e. The van der Waals surface area contributed by atoms with Crippen molar-refractivity contribution in [2.75, 3.05) is 4.90 Å². The first-order chi connectivity index (χ1) is 19.9. The number of rotatable bonds is 6. The van der Waals surface area contributed by atoms with Gasteiger partial charge in [0.1, 0.15) is 5.15 Å². The Morgan fingerprint density at radius 2 is 1.62 bits per heavy atom. The van der Waals surface area contributed by atoms with Crippen LogP contribution in [0.15, 0.2) is 82.8 Å². The van der Waals surface area contributed by atoms with Crippen LogP contribution in [-0.2, 0) is 33.0 Å². The summed E-state index contributed by atoms with van der Waals surface area (Å²) in [4.78, 5) is 7.05. The van der Waals surface area contributed by atoms with Crippen LogP contribution >= 0.6 is 11.6 Å². The van der Waals surface area contributed by atoms with Crippen molar-refractivity contribution >= 4 is 48.2 Å². The predicted molar refractivity (Wildman–Crippen MR) is 164 cm³/mol. The molecule has 9 nitrogen and oxygen atoms in total. The summed E-state index contributed by atoms with van der Waals surface area (Å²) >= 11 is 6.50. The highest BCUT2D eigenvalue weighted by Gasteiger charge is 2.30. The zero-order valence-electron chi connectivity index (χ0n) is 23.6. The Morgan fingerprint density at radius 3 is 2.29 bits per heavy atom. The number of hydrogen-bond donors (Lipinski definition) is 0. The number of nitrogens with zero attached hydrogens (tertiary/aromatic N) is 5. The molecule has 0 N–H and O–H groups in total. The van der Waals surface area contributed by atoms with Gasteiger partial charge in [-0.25, -0.2) is 25.8 Å². The third kappa shape index (κ3) is 4.69. The van der Waals surface area contributed by atoms with Gasteiger partial charge in [-0.3, -0.25) is 4.68 Å². The van der Waals surface area contributed by atoms with Gasteiger partial charge in [-0.05, 0) is 69.7 Å². The van der Waals surface area contributed by atoms with Crippen LogP contribution in [0.1, 0.15) is 32.0 Å². The maximum absolute atomic E-state index is 13.6. The van der Waals surface area contributed by atoms with E-state index in [9.17, 15) is 16.8 Å². The molecule has 0 bridgehead atoms. The number of halogens is 1. The van der Waals surface area contributed by atoms with E-state index < -0.39 is 25.1 Å². The van der Waals surface area contributed by atoms with Gasteiger partial charge in [0.2, 0.25) is 0 Å². The second-order valence-corrected chi connectivity index (χ2v) is 15.6. The number of aryl methyl sites for hydroxylation is 1. The van der Waals surface area contributed by atoms with Crippen LogP contribution in [-0.4, -0.2) is 46.9 Å². The fourth-order valence-corrected chi connectivity index (χ4v) is 7.89. The highest BCUT2D eigenvalue weighted by atomic mass is 35.5. The van der Waals surface area contributed by atoms with Crippen LogP contribution in [0.4, 0.5) is 5.69 Å². The van der Waals surface area contributed by atoms with Crippen molar-refractivity contribution in [3.8, 4) is 11.1 Å². The van der Waals surface area contributed by atoms with Gasteiger partial charge in [0.05, 0.1) is 45.7 Å². The molecule has 0 saturated heterocycles. The van der Waals surface area contributed by atoms with E-state index in [0.717, 1.165) is 28.1 Å². The fraction of sp³-hybridized carbons (Fsp3) is 0.267. The Hall–Kier alpha value is -3.67. The summed E-state index contributed by atoms with van der Waals surface area (Å²) < 4.78 is 55.5. The minimum absolute atomic E-state index is 0.0162. The summed E-state index contributed by atoms with van der Waals surface area (Å²) in [5.41, 5.74) is 4.71. The van der Waals surface area contributed by atoms with Crippen molar-refractivity contribution in [1.29, 1.82) is 0 Å². The van der Waals surface area contributed by atoms with Gasteiger partial charge in [0.25, 0.3) is 10.0 Å². The molecule has 5 aromatic rings. The van der Waals surface area contributed by atoms with Gasteiger partial charge in [-0.15, -0.1) is 0 Å². The highest BCUT2D eigenvalue weighted by molar-refractivity contribution is 7.92. The Kier molecular flexibility index (Phi) is 6.94. The quantitative estimate of drug-likeness (QED) is 0.224. The lowest BCUT2D eigenvalue weighted by atomic mass is 10.0. The molecule has 42 heavy (non-hydrogen) atoms. The first-order valence-electron chi connectivity index (χ1n) is 13.5. The van der Waals surface area contributed by atoms with Gasteiger partial charge in [0.15, 0.2) is 15.5 Å². The molecule has 0 saturated carbocycles. The number of hydrogen-bond acceptors (Lipinski definition) is 7. The molecule has 3 aromatic heterocycles. The van der Waals surface area contributed by atoms with E-state index in [-0.39, 0.29) is 26.6 Å². The molecule has 0 spiro atoms. The predicted octanol–water partition coefficient (Wildman–Crippen LogP) is 5.69. The summed E-state index contributed by atoms with van der Waals surface area (Å²) in [6.45, 7) is 8.39. The van der Waals surface area contributed by atoms with Crippen LogP contribution in [0.25, 0.3) is 22.2 Å². The highest BCUT2D eigenvalue weighted by Crippen LogP contribution is 2.37. The van der Waals surface area contributed by atoms with Gasteiger partial charge < -0.3 is 4.90 Å². The lowest BCUT2D eigenvalue weighted by Crippen LogP contribution is -2.41. The standard InChI is InChI=1S/C30H30ClN5O4S2/c1-19(2)41(37,38)23-11-7-22(8-12-23)26-16-32-35-17-21(4)34(18-28(26)35)27-15-29(31)33-30-25(27)13-14-36(30)42(39,40)24-9-5-20(3)6-10-24/h5-16,19,21H,17-18H2,1-4H3/t21-/m1/s1. The van der Waals surface area contributed by atoms with E-state index in [1.807, 2.05) is 23.7 Å². The van der Waals surface area contributed by atoms with Crippen molar-refractivity contribution < 1.29 is 16.8 Å². The minimum atomic E-state index is -3.90. The molecule has 0 radical (unpaired) electrons. The molecule has 4 heterocycles. The average molecular weight is 624 g/mol. The Bertz CT molecular complexity index is 2030. The lowest BCUT2D eigenvalue weighted by molar-refractivity contribution is 0.440. The number of benzene rings is 2. The molecule has 218 valence electrons. The van der Waals surface area contributed by atoms with Gasteiger partial charge in [-0.2, -0.15) is 5.10 Å². The molecular weight excluding hydrogens is 594 g/mol. The number of aromatic nitrogens is 4. The van der Waals surface area contributed by atoms with Crippen molar-refractivity contribution in [2.24, 2.45) is 0 Å². The molecular formula is C30H30ClN5O4S2. The summed E-state index contributed by atoms with van der Waals surface area (Å²) in [7, 11) is -7.28. The summed E-state index contributed by atoms with van der Waals surface area (Å²) in [5.74, 6) is 0. The maximum Gasteiger partial charge on any atom is 0.269 e. The number of anilines is 1. The Morgan fingerprint density at radius 1 is 0.952 bits per heavy atom. The fourth-order valence-electron chi connectivity index (χ4n) is 5.36. The van der Waals surface area contributed by atoms with Crippen LogP contribution < -0.4 is 4.90 Å². The molecule has 1 atom stereocenters. The zero-order chi connectivity index (χ0) is 30.0. The van der Waals surface area contributed by atoms with E-state index in [4.69, 9.17) is 11.6 Å². The SMILES string of the molecule is Cc1ccc(S(=O)(=O)n2ccc3c(N4Cc5c(-c6ccc(S(=O)(=O)C(C)C)cc6)cnn5C[C@H]4C)cc(Cl)nc32)cc1. The monoisotopic (exact) mass is 623 g/mol. The molecule has 6 rings (SSSR count). The molecule has 1 aliphatic rings. The zero-order valence-corrected chi connectivity index (χ0v) is 25.9. The van der Waals surface area contributed by atoms with Crippen molar-refractivity contribution in [2.45, 2.75) is 61.9 Å². The van der Waals surface area contributed by atoms with Crippen LogP contribution in [0, 0.1) is 6.92 Å². The third-order valence-electron chi connectivity index (χ3n) is 7.81. The molecule has 0 amide bonds. The topological polar surface area (TPSA) is 107 Å². The van der Waals surface area contributed by atoms with E-state index in [2.05, 4.69) is 21.9 Å². The van der Waals surface area contributed by atoms with E-state index in [1.165, 1.54) is 10.2 Å². The summed E-state index contributed by atoms with van der Waals surface area (Å²) in [6.07, 6.45) is 3.32. The molecule has 0 unspecified atom stereocenters. The van der Waals surface area contributed by atoms with E-state index in [0.29, 0.717) is 18.5 Å². The van der Waals surface area contributed by atoms with Gasteiger partial charge in [0, 0.05) is 23.2 Å². The molecule has 1 aliphatic heterocycles. The van der Waals surface area contributed by atoms with Gasteiger partial charge >= 0.3 is 0 Å². The van der Waals surface area contributed by atoms with Gasteiger partial charge in [-0.1, -0.05) is 41.4 Å². The molecule has 0 aliphatic carbocycles. The number of sulfone groups is 1. The normalized spacial score (nSPS) is 15.9. The number of fused-ring (bicyclic) bond motifs is 2. The summed E-state index contributed by atoms with van der Waals surface area (Å²) in [6, 6.07) is 17.1. The molecule has 0 fully saturated rings. The van der Waals surface area contributed by atoms with Crippen molar-refractivity contribution in [3.05, 3.63) is 89.5 Å². The summed E-state index contributed by atoms with van der Waals surface area (Å²) in [5, 5.41) is 4.96. The van der Waals surface area contributed by atoms with Crippen LogP contribution in [0.3, 0.4) is 0 Å². The number of pyridine rings is 1. The lowest BCUT2D eigenvalue weighted by Gasteiger charge is -2.36. The van der Waals surface area contributed by atoms with E-state index >= 15 is 0 Å². The second-order valence-electron chi connectivity index (χ2n) is 10.9. The van der Waals surface area contributed by atoms with E-state index in [1.54, 1.807) is 68.6 Å². The second kappa shape index (κ2) is 10.3. The maximum atomic E-state index is 13.6. The Labute approximate surface area is 250 Å². The average Bonchev–Trinajstić information content (AvgIpc) is 3.57. The minimum Gasteiger partial charge on any atom is -0.360 e. The smallest absolute Gasteiger partial charge is 0.269 e. The molecule has 12 heteroatoms.